The molecule has 0 saturated heterocycles. The Morgan fingerprint density at radius 3 is 2.89 bits per heavy atom. The van der Waals surface area contributed by atoms with E-state index in [9.17, 15) is 4.79 Å². The Labute approximate surface area is 169 Å². The zero-order chi connectivity index (χ0) is 19.5. The minimum absolute atomic E-state index is 0.0374. The largest absolute Gasteiger partial charge is 0.493 e. The number of nitrogens with one attached hydrogen (secondary N) is 1. The molecule has 144 valence electrons. The standard InChI is InChI=1S/C22H22ClN3O2/c1-2-3-11-28-20-10-5-4-9-17(20)18-13-21(27)25-22-19(18)14-24-26(22)16-8-6-7-15(23)12-16/h4-10,12,14,18H,2-3,11,13H2,1H3,(H,25,27)/t18-/m0/s1. The van der Waals surface area contributed by atoms with Crippen molar-refractivity contribution in [2.24, 2.45) is 0 Å². The summed E-state index contributed by atoms with van der Waals surface area (Å²) >= 11 is 6.13. The van der Waals surface area contributed by atoms with Gasteiger partial charge < -0.3 is 10.1 Å². The predicted octanol–water partition coefficient (Wildman–Crippen LogP) is 5.18. The second-order valence-corrected chi connectivity index (χ2v) is 7.32. The maximum absolute atomic E-state index is 12.5. The average molecular weight is 396 g/mol. The second-order valence-electron chi connectivity index (χ2n) is 6.88. The first-order valence-electron chi connectivity index (χ1n) is 9.52. The summed E-state index contributed by atoms with van der Waals surface area (Å²) in [5.74, 6) is 1.38. The quantitative estimate of drug-likeness (QED) is 0.585. The summed E-state index contributed by atoms with van der Waals surface area (Å²) in [5.41, 5.74) is 2.80. The number of para-hydroxylation sites is 1. The molecule has 28 heavy (non-hydrogen) atoms. The first kappa shape index (κ1) is 18.6. The molecule has 0 bridgehead atoms. The molecule has 0 aliphatic carbocycles. The highest BCUT2D eigenvalue weighted by Crippen LogP contribution is 2.41. The van der Waals surface area contributed by atoms with Crippen LogP contribution >= 0.6 is 11.6 Å². The Morgan fingerprint density at radius 1 is 1.21 bits per heavy atom. The number of fused-ring (bicyclic) bond motifs is 1. The fourth-order valence-electron chi connectivity index (χ4n) is 3.53. The molecule has 3 aromatic rings. The molecule has 1 aromatic heterocycles. The summed E-state index contributed by atoms with van der Waals surface area (Å²) in [4.78, 5) is 12.5. The van der Waals surface area contributed by atoms with Crippen LogP contribution < -0.4 is 10.1 Å². The number of amides is 1. The average Bonchev–Trinajstić information content (AvgIpc) is 3.12. The summed E-state index contributed by atoms with van der Waals surface area (Å²) in [6.07, 6.45) is 4.26. The predicted molar refractivity (Wildman–Crippen MR) is 111 cm³/mol. The van der Waals surface area contributed by atoms with Gasteiger partial charge in [0, 0.05) is 28.5 Å². The molecule has 0 unspecified atom stereocenters. The van der Waals surface area contributed by atoms with Gasteiger partial charge in [0.25, 0.3) is 0 Å². The Morgan fingerprint density at radius 2 is 2.07 bits per heavy atom. The van der Waals surface area contributed by atoms with E-state index in [1.165, 1.54) is 0 Å². The molecule has 0 fully saturated rings. The van der Waals surface area contributed by atoms with Gasteiger partial charge in [-0.25, -0.2) is 4.68 Å². The number of unbranched alkanes of at least 4 members (excludes halogenated alkanes) is 1. The normalized spacial score (nSPS) is 15.8. The summed E-state index contributed by atoms with van der Waals surface area (Å²) in [5, 5.41) is 8.12. The number of carbonyl (C=O) groups is 1. The van der Waals surface area contributed by atoms with Crippen LogP contribution in [0.1, 0.15) is 43.2 Å². The molecule has 2 heterocycles. The van der Waals surface area contributed by atoms with Crippen LogP contribution in [-0.4, -0.2) is 22.3 Å². The molecule has 1 aliphatic rings. The van der Waals surface area contributed by atoms with Crippen molar-refractivity contribution in [3.63, 3.8) is 0 Å². The fraction of sp³-hybridized carbons (Fsp3) is 0.273. The highest BCUT2D eigenvalue weighted by atomic mass is 35.5. The summed E-state index contributed by atoms with van der Waals surface area (Å²) in [7, 11) is 0. The number of ether oxygens (including phenoxy) is 1. The number of rotatable bonds is 6. The van der Waals surface area contributed by atoms with Gasteiger partial charge in [0.05, 0.1) is 18.5 Å². The van der Waals surface area contributed by atoms with Gasteiger partial charge >= 0.3 is 0 Å². The topological polar surface area (TPSA) is 56.1 Å². The Kier molecular flexibility index (Phi) is 5.35. The highest BCUT2D eigenvalue weighted by Gasteiger charge is 2.32. The third kappa shape index (κ3) is 3.62. The second kappa shape index (κ2) is 8.07. The molecule has 1 aliphatic heterocycles. The van der Waals surface area contributed by atoms with E-state index >= 15 is 0 Å². The van der Waals surface area contributed by atoms with E-state index in [0.29, 0.717) is 23.9 Å². The van der Waals surface area contributed by atoms with Gasteiger partial charge in [-0.15, -0.1) is 0 Å². The smallest absolute Gasteiger partial charge is 0.226 e. The van der Waals surface area contributed by atoms with Crippen LogP contribution in [0.5, 0.6) is 5.75 Å². The van der Waals surface area contributed by atoms with Crippen molar-refractivity contribution in [1.82, 2.24) is 9.78 Å². The van der Waals surface area contributed by atoms with Crippen LogP contribution in [0.3, 0.4) is 0 Å². The maximum atomic E-state index is 12.5. The molecule has 1 atom stereocenters. The summed E-state index contributed by atoms with van der Waals surface area (Å²) < 4.78 is 7.74. The van der Waals surface area contributed by atoms with Gasteiger partial charge in [0.1, 0.15) is 11.6 Å². The van der Waals surface area contributed by atoms with Crippen molar-refractivity contribution < 1.29 is 9.53 Å². The van der Waals surface area contributed by atoms with Crippen molar-refractivity contribution in [3.8, 4) is 11.4 Å². The number of nitrogens with zero attached hydrogens (tertiary/aromatic N) is 2. The Bertz CT molecular complexity index is 999. The van der Waals surface area contributed by atoms with E-state index < -0.39 is 0 Å². The molecule has 1 amide bonds. The number of halogens is 1. The summed E-state index contributed by atoms with van der Waals surface area (Å²) in [6, 6.07) is 15.4. The lowest BCUT2D eigenvalue weighted by Crippen LogP contribution is -2.25. The number of carbonyl (C=O) groups excluding carboxylic acids is 1. The van der Waals surface area contributed by atoms with E-state index in [2.05, 4.69) is 17.3 Å². The molecule has 0 saturated carbocycles. The van der Waals surface area contributed by atoms with Crippen molar-refractivity contribution >= 4 is 23.3 Å². The van der Waals surface area contributed by atoms with E-state index in [0.717, 1.165) is 35.4 Å². The van der Waals surface area contributed by atoms with E-state index in [-0.39, 0.29) is 11.8 Å². The maximum Gasteiger partial charge on any atom is 0.226 e. The third-order valence-corrected chi connectivity index (χ3v) is 5.16. The lowest BCUT2D eigenvalue weighted by atomic mass is 9.87. The summed E-state index contributed by atoms with van der Waals surface area (Å²) in [6.45, 7) is 2.80. The minimum Gasteiger partial charge on any atom is -0.493 e. The van der Waals surface area contributed by atoms with Gasteiger partial charge in [-0.2, -0.15) is 5.10 Å². The van der Waals surface area contributed by atoms with Gasteiger partial charge in [0.15, 0.2) is 0 Å². The first-order chi connectivity index (χ1) is 13.7. The van der Waals surface area contributed by atoms with Crippen molar-refractivity contribution in [3.05, 3.63) is 70.9 Å². The molecule has 4 rings (SSSR count). The lowest BCUT2D eigenvalue weighted by Gasteiger charge is -2.25. The van der Waals surface area contributed by atoms with Gasteiger partial charge in [-0.05, 0) is 30.7 Å². The molecule has 6 heteroatoms. The molecular weight excluding hydrogens is 374 g/mol. The number of hydrogen-bond donors (Lipinski definition) is 1. The minimum atomic E-state index is -0.102. The first-order valence-corrected chi connectivity index (χ1v) is 9.90. The van der Waals surface area contributed by atoms with Crippen LogP contribution in [-0.2, 0) is 4.79 Å². The molecule has 1 N–H and O–H groups in total. The molecule has 0 spiro atoms. The molecule has 0 radical (unpaired) electrons. The highest BCUT2D eigenvalue weighted by molar-refractivity contribution is 6.30. The number of aromatic nitrogens is 2. The third-order valence-electron chi connectivity index (χ3n) is 4.92. The van der Waals surface area contributed by atoms with Gasteiger partial charge in [-0.3, -0.25) is 4.79 Å². The zero-order valence-corrected chi connectivity index (χ0v) is 16.4. The van der Waals surface area contributed by atoms with Crippen molar-refractivity contribution in [2.45, 2.75) is 32.1 Å². The van der Waals surface area contributed by atoms with E-state index in [1.54, 1.807) is 4.68 Å². The monoisotopic (exact) mass is 395 g/mol. The zero-order valence-electron chi connectivity index (χ0n) is 15.7. The Hall–Kier alpha value is -2.79. The molecule has 2 aromatic carbocycles. The SMILES string of the molecule is CCCCOc1ccccc1[C@@H]1CC(=O)Nc2c1cnn2-c1cccc(Cl)c1. The van der Waals surface area contributed by atoms with Gasteiger partial charge in [0.2, 0.25) is 5.91 Å². The van der Waals surface area contributed by atoms with E-state index in [4.69, 9.17) is 16.3 Å². The van der Waals surface area contributed by atoms with Crippen molar-refractivity contribution in [1.29, 1.82) is 0 Å². The van der Waals surface area contributed by atoms with E-state index in [1.807, 2.05) is 54.7 Å². The van der Waals surface area contributed by atoms with Crippen LogP contribution in [0.25, 0.3) is 5.69 Å². The fourth-order valence-corrected chi connectivity index (χ4v) is 3.71. The van der Waals surface area contributed by atoms with Crippen LogP contribution in [0, 0.1) is 0 Å². The number of benzene rings is 2. The van der Waals surface area contributed by atoms with Gasteiger partial charge in [-0.1, -0.05) is 49.2 Å². The molecular formula is C22H22ClN3O2. The molecule has 5 nitrogen and oxygen atoms in total. The number of anilines is 1. The van der Waals surface area contributed by atoms with Crippen molar-refractivity contribution in [2.75, 3.05) is 11.9 Å². The number of hydrogen-bond acceptors (Lipinski definition) is 3. The van der Waals surface area contributed by atoms with Crippen LogP contribution in [0.2, 0.25) is 5.02 Å². The Balaban J connectivity index is 1.74. The van der Waals surface area contributed by atoms with Crippen LogP contribution in [0.15, 0.2) is 54.7 Å². The lowest BCUT2D eigenvalue weighted by molar-refractivity contribution is -0.116. The van der Waals surface area contributed by atoms with Crippen LogP contribution in [0.4, 0.5) is 5.82 Å².